The Morgan fingerprint density at radius 2 is 1.23 bits per heavy atom. The normalized spacial score (nSPS) is 14.0. The van der Waals surface area contributed by atoms with Crippen molar-refractivity contribution >= 4 is 35.5 Å². The highest BCUT2D eigenvalue weighted by Gasteiger charge is 2.31. The largest absolute Gasteiger partial charge is 0.508 e. The average molecular weight is 496 g/mol. The second kappa shape index (κ2) is 13.5. The number of phenolic OH excluding ortho intramolecular Hbond substituents is 1. The molecular formula is C20H28N6O9. The molecule has 0 saturated carbocycles. The lowest BCUT2D eigenvalue weighted by Crippen LogP contribution is -2.58. The van der Waals surface area contributed by atoms with Crippen LogP contribution in [0.5, 0.6) is 5.75 Å². The number of carboxylic acids is 1. The van der Waals surface area contributed by atoms with Crippen molar-refractivity contribution in [1.29, 1.82) is 0 Å². The van der Waals surface area contributed by atoms with E-state index in [0.717, 1.165) is 0 Å². The zero-order valence-electron chi connectivity index (χ0n) is 18.5. The Labute approximate surface area is 199 Å². The van der Waals surface area contributed by atoms with Crippen LogP contribution in [0.2, 0.25) is 0 Å². The van der Waals surface area contributed by atoms with E-state index in [-0.39, 0.29) is 12.2 Å². The standard InChI is InChI=1S/C20H28N6O9/c21-11(8-27)17(31)24-13(6-15(22)29)19(33)25-12(5-9-1-3-10(28)4-2-9)18(32)26-14(20(34)35)7-16(23)30/h1-4,11-14,27-28H,5-8,21H2,(H2,22,29)(H2,23,30)(H,24,31)(H,25,33)(H,26,32)(H,34,35)/t11-,12-,13-,14-/m0/s1. The number of nitrogens with one attached hydrogen (secondary N) is 3. The topological polar surface area (TPSA) is 277 Å². The molecule has 0 fully saturated rings. The van der Waals surface area contributed by atoms with Crippen LogP contribution in [0.3, 0.4) is 0 Å². The third-order valence-corrected chi connectivity index (χ3v) is 4.60. The summed E-state index contributed by atoms with van der Waals surface area (Å²) in [6.45, 7) is -0.751. The SMILES string of the molecule is NC(=O)C[C@H](NC(=O)[C@H](Cc1ccc(O)cc1)NC(=O)[C@H](CC(N)=O)NC(=O)[C@@H](N)CO)C(=O)O. The zero-order chi connectivity index (χ0) is 26.7. The van der Waals surface area contributed by atoms with E-state index in [1.165, 1.54) is 24.3 Å². The lowest BCUT2D eigenvalue weighted by Gasteiger charge is -2.24. The lowest BCUT2D eigenvalue weighted by molar-refractivity contribution is -0.143. The first-order valence-corrected chi connectivity index (χ1v) is 10.2. The molecule has 0 aliphatic rings. The Bertz CT molecular complexity index is 953. The van der Waals surface area contributed by atoms with Gasteiger partial charge in [0.05, 0.1) is 19.4 Å². The molecule has 35 heavy (non-hydrogen) atoms. The van der Waals surface area contributed by atoms with Crippen molar-refractivity contribution in [2.75, 3.05) is 6.61 Å². The van der Waals surface area contributed by atoms with Crippen LogP contribution in [-0.4, -0.2) is 81.6 Å². The van der Waals surface area contributed by atoms with Crippen molar-refractivity contribution in [3.05, 3.63) is 29.8 Å². The number of hydrogen-bond donors (Lipinski definition) is 9. The molecule has 0 saturated heterocycles. The van der Waals surface area contributed by atoms with Gasteiger partial charge in [0, 0.05) is 6.42 Å². The molecular weight excluding hydrogens is 468 g/mol. The van der Waals surface area contributed by atoms with E-state index in [1.807, 2.05) is 0 Å². The summed E-state index contributed by atoms with van der Waals surface area (Å²) in [5.74, 6) is -6.63. The van der Waals surface area contributed by atoms with Gasteiger partial charge in [-0.05, 0) is 17.7 Å². The number of aliphatic hydroxyl groups is 1. The van der Waals surface area contributed by atoms with Crippen LogP contribution in [0.25, 0.3) is 0 Å². The van der Waals surface area contributed by atoms with Crippen molar-refractivity contribution in [3.8, 4) is 5.75 Å². The number of hydrogen-bond acceptors (Lipinski definition) is 9. The maximum absolute atomic E-state index is 12.8. The molecule has 5 amide bonds. The summed E-state index contributed by atoms with van der Waals surface area (Å²) in [6.07, 6.45) is -1.61. The average Bonchev–Trinajstić information content (AvgIpc) is 2.77. The molecule has 15 nitrogen and oxygen atoms in total. The summed E-state index contributed by atoms with van der Waals surface area (Å²) < 4.78 is 0. The fourth-order valence-electron chi connectivity index (χ4n) is 2.80. The van der Waals surface area contributed by atoms with Gasteiger partial charge in [0.1, 0.15) is 29.9 Å². The van der Waals surface area contributed by atoms with Crippen molar-refractivity contribution in [1.82, 2.24) is 16.0 Å². The predicted octanol–water partition coefficient (Wildman–Crippen LogP) is -4.46. The first kappa shape index (κ1) is 28.8. The first-order valence-electron chi connectivity index (χ1n) is 10.2. The van der Waals surface area contributed by atoms with E-state index >= 15 is 0 Å². The summed E-state index contributed by atoms with van der Waals surface area (Å²) >= 11 is 0. The maximum atomic E-state index is 12.8. The molecule has 0 spiro atoms. The van der Waals surface area contributed by atoms with Crippen LogP contribution in [0.4, 0.5) is 0 Å². The molecule has 15 heteroatoms. The minimum atomic E-state index is -1.69. The molecule has 1 aromatic carbocycles. The van der Waals surface area contributed by atoms with Gasteiger partial charge in [-0.3, -0.25) is 24.0 Å². The number of carboxylic acid groups (broad SMARTS) is 1. The Kier molecular flexibility index (Phi) is 11.1. The number of carbonyl (C=O) groups excluding carboxylic acids is 5. The number of phenols is 1. The zero-order valence-corrected chi connectivity index (χ0v) is 18.5. The highest BCUT2D eigenvalue weighted by Crippen LogP contribution is 2.12. The van der Waals surface area contributed by atoms with Gasteiger partial charge < -0.3 is 48.5 Å². The van der Waals surface area contributed by atoms with E-state index in [2.05, 4.69) is 16.0 Å². The predicted molar refractivity (Wildman–Crippen MR) is 118 cm³/mol. The van der Waals surface area contributed by atoms with E-state index in [9.17, 15) is 39.0 Å². The van der Waals surface area contributed by atoms with E-state index < -0.39 is 79.1 Å². The number of nitrogens with two attached hydrogens (primary N) is 3. The summed E-state index contributed by atoms with van der Waals surface area (Å²) in [4.78, 5) is 71.6. The quantitative estimate of drug-likeness (QED) is 0.119. The minimum Gasteiger partial charge on any atom is -0.508 e. The van der Waals surface area contributed by atoms with Gasteiger partial charge in [-0.2, -0.15) is 0 Å². The second-order valence-electron chi connectivity index (χ2n) is 7.52. The van der Waals surface area contributed by atoms with Gasteiger partial charge in [-0.1, -0.05) is 12.1 Å². The number of amides is 5. The van der Waals surface area contributed by atoms with Crippen molar-refractivity contribution < 1.29 is 44.1 Å². The van der Waals surface area contributed by atoms with Gasteiger partial charge in [0.25, 0.3) is 0 Å². The van der Waals surface area contributed by atoms with Gasteiger partial charge in [-0.15, -0.1) is 0 Å². The molecule has 0 aliphatic heterocycles. The summed E-state index contributed by atoms with van der Waals surface area (Å²) in [7, 11) is 0. The number of aliphatic carboxylic acids is 1. The minimum absolute atomic E-state index is 0.0735. The smallest absolute Gasteiger partial charge is 0.326 e. The fraction of sp³-hybridized carbons (Fsp3) is 0.400. The van der Waals surface area contributed by atoms with Gasteiger partial charge in [0.2, 0.25) is 29.5 Å². The third kappa shape index (κ3) is 10.1. The van der Waals surface area contributed by atoms with Gasteiger partial charge in [-0.25, -0.2) is 4.79 Å². The molecule has 0 aliphatic carbocycles. The van der Waals surface area contributed by atoms with Gasteiger partial charge in [0.15, 0.2) is 0 Å². The Balaban J connectivity index is 3.18. The Morgan fingerprint density at radius 3 is 1.71 bits per heavy atom. The Hall–Kier alpha value is -4.24. The summed E-state index contributed by atoms with van der Waals surface area (Å²) in [5.41, 5.74) is 16.0. The first-order chi connectivity index (χ1) is 16.3. The molecule has 192 valence electrons. The molecule has 4 atom stereocenters. The van der Waals surface area contributed by atoms with Crippen LogP contribution in [0.1, 0.15) is 18.4 Å². The van der Waals surface area contributed by atoms with Crippen molar-refractivity contribution in [2.24, 2.45) is 17.2 Å². The molecule has 0 bridgehead atoms. The van der Waals surface area contributed by atoms with Crippen LogP contribution in [0.15, 0.2) is 24.3 Å². The summed E-state index contributed by atoms with van der Waals surface area (Å²) in [6, 6.07) is -0.639. The molecule has 0 aromatic heterocycles. The van der Waals surface area contributed by atoms with E-state index in [1.54, 1.807) is 0 Å². The molecule has 0 unspecified atom stereocenters. The second-order valence-corrected chi connectivity index (χ2v) is 7.52. The number of aliphatic hydroxyl groups excluding tert-OH is 1. The van der Waals surface area contributed by atoms with E-state index in [4.69, 9.17) is 22.3 Å². The monoisotopic (exact) mass is 496 g/mol. The molecule has 0 radical (unpaired) electrons. The Morgan fingerprint density at radius 1 is 0.771 bits per heavy atom. The number of rotatable bonds is 14. The molecule has 1 aromatic rings. The lowest BCUT2D eigenvalue weighted by atomic mass is 10.0. The molecule has 12 N–H and O–H groups in total. The molecule has 1 rings (SSSR count). The number of benzene rings is 1. The van der Waals surface area contributed by atoms with Crippen LogP contribution >= 0.6 is 0 Å². The molecule has 0 heterocycles. The van der Waals surface area contributed by atoms with Crippen LogP contribution in [-0.2, 0) is 35.2 Å². The fourth-order valence-corrected chi connectivity index (χ4v) is 2.80. The van der Waals surface area contributed by atoms with Crippen LogP contribution in [0, 0.1) is 0 Å². The van der Waals surface area contributed by atoms with Crippen LogP contribution < -0.4 is 33.2 Å². The number of carbonyl (C=O) groups is 6. The van der Waals surface area contributed by atoms with Gasteiger partial charge >= 0.3 is 5.97 Å². The highest BCUT2D eigenvalue weighted by atomic mass is 16.4. The third-order valence-electron chi connectivity index (χ3n) is 4.60. The summed E-state index contributed by atoms with van der Waals surface area (Å²) in [5, 5.41) is 34.2. The highest BCUT2D eigenvalue weighted by molar-refractivity contribution is 5.96. The number of aromatic hydroxyl groups is 1. The maximum Gasteiger partial charge on any atom is 0.326 e. The van der Waals surface area contributed by atoms with E-state index in [0.29, 0.717) is 5.56 Å². The van der Waals surface area contributed by atoms with Crippen molar-refractivity contribution in [2.45, 2.75) is 43.4 Å². The van der Waals surface area contributed by atoms with Crippen molar-refractivity contribution in [3.63, 3.8) is 0 Å². The number of primary amides is 2.